The average molecular weight is 429 g/mol. The summed E-state index contributed by atoms with van der Waals surface area (Å²) in [6, 6.07) is 10.9. The third-order valence-corrected chi connectivity index (χ3v) is 7.84. The molecule has 2 aromatic carbocycles. The smallest absolute Gasteiger partial charge is 0.255 e. The van der Waals surface area contributed by atoms with Crippen molar-refractivity contribution in [2.24, 2.45) is 0 Å². The van der Waals surface area contributed by atoms with Crippen molar-refractivity contribution >= 4 is 21.6 Å². The van der Waals surface area contributed by atoms with Crippen molar-refractivity contribution in [3.05, 3.63) is 58.7 Å². The Morgan fingerprint density at radius 3 is 2.27 bits per heavy atom. The van der Waals surface area contributed by atoms with Gasteiger partial charge in [0.15, 0.2) is 0 Å². The fourth-order valence-corrected chi connectivity index (χ4v) is 5.74. The molecule has 0 radical (unpaired) electrons. The fourth-order valence-electron chi connectivity index (χ4n) is 3.97. The lowest BCUT2D eigenvalue weighted by Gasteiger charge is -2.21. The van der Waals surface area contributed by atoms with Gasteiger partial charge in [0.2, 0.25) is 10.0 Å². The third-order valence-electron chi connectivity index (χ3n) is 5.80. The van der Waals surface area contributed by atoms with E-state index in [1.807, 2.05) is 25.1 Å². The molecule has 30 heavy (non-hydrogen) atoms. The second kappa shape index (κ2) is 9.31. The molecule has 0 bridgehead atoms. The van der Waals surface area contributed by atoms with E-state index in [9.17, 15) is 13.2 Å². The highest BCUT2D eigenvalue weighted by Crippen LogP contribution is 2.29. The summed E-state index contributed by atoms with van der Waals surface area (Å²) in [5.41, 5.74) is 3.86. The van der Waals surface area contributed by atoms with E-state index < -0.39 is 10.0 Å². The average Bonchev–Trinajstić information content (AvgIpc) is 2.99. The minimum absolute atomic E-state index is 0.228. The number of para-hydroxylation sites is 1. The maximum atomic E-state index is 13.3. The molecule has 1 aliphatic rings. The van der Waals surface area contributed by atoms with Crippen LogP contribution < -0.4 is 5.32 Å². The number of nitrogens with one attached hydrogen (secondary N) is 1. The van der Waals surface area contributed by atoms with Crippen LogP contribution >= 0.6 is 0 Å². The lowest BCUT2D eigenvalue weighted by Crippen LogP contribution is -2.32. The Morgan fingerprint density at radius 1 is 0.967 bits per heavy atom. The first-order valence-electron chi connectivity index (χ1n) is 10.7. The highest BCUT2D eigenvalue weighted by Gasteiger charge is 2.27. The SMILES string of the molecule is Cc1ccc(C(=O)Nc2c(C)cccc2C(C)C)cc1S(=O)(=O)N1CCCCCC1. The maximum absolute atomic E-state index is 13.3. The number of rotatable bonds is 5. The van der Waals surface area contributed by atoms with Crippen LogP contribution in [0.15, 0.2) is 41.3 Å². The minimum Gasteiger partial charge on any atom is -0.321 e. The molecule has 0 saturated carbocycles. The van der Waals surface area contributed by atoms with Gasteiger partial charge < -0.3 is 5.32 Å². The van der Waals surface area contributed by atoms with Crippen LogP contribution in [0.3, 0.4) is 0 Å². The molecule has 1 N–H and O–H groups in total. The zero-order chi connectivity index (χ0) is 21.9. The lowest BCUT2D eigenvalue weighted by molar-refractivity contribution is 0.102. The number of carbonyl (C=O) groups excluding carboxylic acids is 1. The molecule has 0 aromatic heterocycles. The Balaban J connectivity index is 1.93. The number of carbonyl (C=O) groups is 1. The molecule has 1 fully saturated rings. The molecular weight excluding hydrogens is 396 g/mol. The van der Waals surface area contributed by atoms with Gasteiger partial charge in [-0.3, -0.25) is 4.79 Å². The van der Waals surface area contributed by atoms with Crippen LogP contribution in [0.25, 0.3) is 0 Å². The van der Waals surface area contributed by atoms with Gasteiger partial charge in [-0.25, -0.2) is 8.42 Å². The van der Waals surface area contributed by atoms with Gasteiger partial charge in [0.1, 0.15) is 0 Å². The summed E-state index contributed by atoms with van der Waals surface area (Å²) in [7, 11) is -3.62. The number of aryl methyl sites for hydroxylation is 2. The van der Waals surface area contributed by atoms with Crippen molar-refractivity contribution in [2.45, 2.75) is 64.2 Å². The minimum atomic E-state index is -3.62. The van der Waals surface area contributed by atoms with E-state index in [2.05, 4.69) is 19.2 Å². The van der Waals surface area contributed by atoms with Crippen molar-refractivity contribution < 1.29 is 13.2 Å². The van der Waals surface area contributed by atoms with E-state index in [1.165, 1.54) is 6.07 Å². The molecule has 2 aromatic rings. The molecule has 0 atom stereocenters. The summed E-state index contributed by atoms with van der Waals surface area (Å²) in [5.74, 6) is -0.0318. The van der Waals surface area contributed by atoms with E-state index >= 15 is 0 Å². The first-order chi connectivity index (χ1) is 14.2. The molecule has 162 valence electrons. The van der Waals surface area contributed by atoms with Gasteiger partial charge in [-0.2, -0.15) is 4.31 Å². The first kappa shape index (κ1) is 22.5. The molecule has 0 unspecified atom stereocenters. The summed E-state index contributed by atoms with van der Waals surface area (Å²) < 4.78 is 28.1. The second-order valence-corrected chi connectivity index (χ2v) is 10.4. The van der Waals surface area contributed by atoms with Gasteiger partial charge in [0.25, 0.3) is 5.91 Å². The zero-order valence-corrected chi connectivity index (χ0v) is 19.2. The highest BCUT2D eigenvalue weighted by molar-refractivity contribution is 7.89. The van der Waals surface area contributed by atoms with E-state index in [0.29, 0.717) is 24.2 Å². The zero-order valence-electron chi connectivity index (χ0n) is 18.4. The van der Waals surface area contributed by atoms with Crippen LogP contribution in [0.2, 0.25) is 0 Å². The van der Waals surface area contributed by atoms with E-state index in [4.69, 9.17) is 0 Å². The van der Waals surface area contributed by atoms with Crippen LogP contribution in [0, 0.1) is 13.8 Å². The Kier molecular flexibility index (Phi) is 6.98. The van der Waals surface area contributed by atoms with E-state index in [-0.39, 0.29) is 16.7 Å². The first-order valence-corrected chi connectivity index (χ1v) is 12.2. The quantitative estimate of drug-likeness (QED) is 0.708. The van der Waals surface area contributed by atoms with E-state index in [1.54, 1.807) is 23.4 Å². The van der Waals surface area contributed by atoms with E-state index in [0.717, 1.165) is 42.5 Å². The van der Waals surface area contributed by atoms with Crippen molar-refractivity contribution in [1.82, 2.24) is 4.31 Å². The van der Waals surface area contributed by atoms with Gasteiger partial charge >= 0.3 is 0 Å². The Bertz CT molecular complexity index is 1020. The molecule has 3 rings (SSSR count). The monoisotopic (exact) mass is 428 g/mol. The number of sulfonamides is 1. The van der Waals surface area contributed by atoms with Crippen molar-refractivity contribution in [3.8, 4) is 0 Å². The highest BCUT2D eigenvalue weighted by atomic mass is 32.2. The number of hydrogen-bond donors (Lipinski definition) is 1. The summed E-state index contributed by atoms with van der Waals surface area (Å²) in [5, 5.41) is 3.02. The predicted octanol–water partition coefficient (Wildman–Crippen LogP) is 5.24. The molecule has 0 aliphatic carbocycles. The fraction of sp³-hybridized carbons (Fsp3) is 0.458. The number of hydrogen-bond acceptors (Lipinski definition) is 3. The Hall–Kier alpha value is -2.18. The number of anilines is 1. The largest absolute Gasteiger partial charge is 0.321 e. The van der Waals surface area contributed by atoms with Crippen LogP contribution in [0.5, 0.6) is 0 Å². The van der Waals surface area contributed by atoms with Crippen LogP contribution in [-0.2, 0) is 10.0 Å². The summed E-state index contributed by atoms with van der Waals surface area (Å²) >= 11 is 0. The molecular formula is C24H32N2O3S. The van der Waals surface area contributed by atoms with Gasteiger partial charge in [0, 0.05) is 24.3 Å². The topological polar surface area (TPSA) is 66.5 Å². The number of amides is 1. The van der Waals surface area contributed by atoms with Crippen LogP contribution in [0.1, 0.15) is 72.5 Å². The lowest BCUT2D eigenvalue weighted by atomic mass is 9.98. The summed E-state index contributed by atoms with van der Waals surface area (Å²) in [4.78, 5) is 13.3. The van der Waals surface area contributed by atoms with Crippen molar-refractivity contribution in [3.63, 3.8) is 0 Å². The van der Waals surface area contributed by atoms with Crippen molar-refractivity contribution in [2.75, 3.05) is 18.4 Å². The number of nitrogens with zero attached hydrogens (tertiary/aromatic N) is 1. The normalized spacial score (nSPS) is 15.8. The third kappa shape index (κ3) is 4.76. The van der Waals surface area contributed by atoms with Gasteiger partial charge in [-0.15, -0.1) is 0 Å². The summed E-state index contributed by atoms with van der Waals surface area (Å²) in [6.07, 6.45) is 3.87. The molecule has 6 heteroatoms. The Morgan fingerprint density at radius 2 is 1.63 bits per heavy atom. The van der Waals surface area contributed by atoms with Crippen LogP contribution in [-0.4, -0.2) is 31.7 Å². The molecule has 1 amide bonds. The van der Waals surface area contributed by atoms with Gasteiger partial charge in [-0.1, -0.05) is 51.0 Å². The predicted molar refractivity (Wildman–Crippen MR) is 122 cm³/mol. The molecule has 1 aliphatic heterocycles. The Labute approximate surface area is 180 Å². The molecule has 1 heterocycles. The second-order valence-electron chi connectivity index (χ2n) is 8.45. The van der Waals surface area contributed by atoms with Crippen molar-refractivity contribution in [1.29, 1.82) is 0 Å². The van der Waals surface area contributed by atoms with Gasteiger partial charge in [0.05, 0.1) is 4.90 Å². The maximum Gasteiger partial charge on any atom is 0.255 e. The molecule has 1 saturated heterocycles. The van der Waals surface area contributed by atoms with Gasteiger partial charge in [-0.05, 0) is 61.4 Å². The molecule has 5 nitrogen and oxygen atoms in total. The van der Waals surface area contributed by atoms with Crippen LogP contribution in [0.4, 0.5) is 5.69 Å². The number of benzene rings is 2. The summed E-state index contributed by atoms with van der Waals surface area (Å²) in [6.45, 7) is 9.00. The standard InChI is InChI=1S/C24H32N2O3S/c1-17(2)21-11-9-10-19(4)23(21)25-24(27)20-13-12-18(3)22(16-20)30(28,29)26-14-7-5-6-8-15-26/h9-13,16-17H,5-8,14-15H2,1-4H3,(H,25,27). The molecule has 0 spiro atoms.